The summed E-state index contributed by atoms with van der Waals surface area (Å²) in [6.45, 7) is 0.590. The SMILES string of the molecule is O=C(NC1CCC(n2cccn2)CC1)c1ccc(Cn2cnnn2)cc1. The maximum atomic E-state index is 12.5. The second-order valence-electron chi connectivity index (χ2n) is 6.67. The van der Waals surface area contributed by atoms with Crippen LogP contribution in [0.3, 0.4) is 0 Å². The highest BCUT2D eigenvalue weighted by atomic mass is 16.1. The molecule has 1 saturated carbocycles. The number of nitrogens with zero attached hydrogens (tertiary/aromatic N) is 6. The zero-order valence-corrected chi connectivity index (χ0v) is 14.4. The first-order chi connectivity index (χ1) is 12.8. The van der Waals surface area contributed by atoms with Gasteiger partial charge in [0.25, 0.3) is 5.91 Å². The van der Waals surface area contributed by atoms with Gasteiger partial charge in [-0.3, -0.25) is 9.48 Å². The molecule has 8 nitrogen and oxygen atoms in total. The number of benzene rings is 1. The Kier molecular flexibility index (Phi) is 4.72. The number of aromatic nitrogens is 6. The highest BCUT2D eigenvalue weighted by molar-refractivity contribution is 5.94. The van der Waals surface area contributed by atoms with Gasteiger partial charge in [-0.1, -0.05) is 12.1 Å². The molecule has 1 fully saturated rings. The highest BCUT2D eigenvalue weighted by Crippen LogP contribution is 2.27. The minimum atomic E-state index is -0.0125. The molecule has 1 amide bonds. The van der Waals surface area contributed by atoms with E-state index in [1.54, 1.807) is 11.0 Å². The molecule has 1 N–H and O–H groups in total. The lowest BCUT2D eigenvalue weighted by Crippen LogP contribution is -2.38. The predicted octanol–water partition coefficient (Wildman–Crippen LogP) is 1.83. The molecule has 0 saturated heterocycles. The molecule has 134 valence electrons. The van der Waals surface area contributed by atoms with E-state index in [2.05, 4.69) is 25.9 Å². The lowest BCUT2D eigenvalue weighted by Gasteiger charge is -2.29. The Morgan fingerprint density at radius 1 is 1.15 bits per heavy atom. The molecule has 0 aliphatic heterocycles. The molecule has 0 spiro atoms. The Morgan fingerprint density at radius 3 is 2.62 bits per heavy atom. The second-order valence-corrected chi connectivity index (χ2v) is 6.67. The normalized spacial score (nSPS) is 20.0. The minimum absolute atomic E-state index is 0.0125. The molecule has 0 bridgehead atoms. The van der Waals surface area contributed by atoms with Crippen LogP contribution in [0.5, 0.6) is 0 Å². The average molecular weight is 351 g/mol. The lowest BCUT2D eigenvalue weighted by atomic mass is 9.91. The van der Waals surface area contributed by atoms with Crippen LogP contribution < -0.4 is 5.32 Å². The Labute approximate surface area is 151 Å². The summed E-state index contributed by atoms with van der Waals surface area (Å²) in [6, 6.07) is 10.2. The largest absolute Gasteiger partial charge is 0.349 e. The molecule has 26 heavy (non-hydrogen) atoms. The number of nitrogens with one attached hydrogen (secondary N) is 1. The summed E-state index contributed by atoms with van der Waals surface area (Å²) in [4.78, 5) is 12.5. The van der Waals surface area contributed by atoms with Crippen molar-refractivity contribution in [3.63, 3.8) is 0 Å². The van der Waals surface area contributed by atoms with Gasteiger partial charge in [-0.05, 0) is 59.9 Å². The Morgan fingerprint density at radius 2 is 1.96 bits per heavy atom. The molecule has 2 heterocycles. The van der Waals surface area contributed by atoms with Crippen molar-refractivity contribution in [3.8, 4) is 0 Å². The Bertz CT molecular complexity index is 819. The van der Waals surface area contributed by atoms with Gasteiger partial charge >= 0.3 is 0 Å². The third-order valence-electron chi connectivity index (χ3n) is 4.88. The number of hydrogen-bond donors (Lipinski definition) is 1. The molecule has 1 aromatic carbocycles. The zero-order valence-electron chi connectivity index (χ0n) is 14.4. The summed E-state index contributed by atoms with van der Waals surface area (Å²) in [6.07, 6.45) is 9.44. The fourth-order valence-electron chi connectivity index (χ4n) is 3.45. The number of tetrazole rings is 1. The third kappa shape index (κ3) is 3.79. The maximum absolute atomic E-state index is 12.5. The summed E-state index contributed by atoms with van der Waals surface area (Å²) in [7, 11) is 0. The third-order valence-corrected chi connectivity index (χ3v) is 4.88. The van der Waals surface area contributed by atoms with E-state index in [-0.39, 0.29) is 11.9 Å². The van der Waals surface area contributed by atoms with Gasteiger partial charge in [-0.25, -0.2) is 4.68 Å². The van der Waals surface area contributed by atoms with Gasteiger partial charge in [0.1, 0.15) is 6.33 Å². The van der Waals surface area contributed by atoms with Crippen LogP contribution in [-0.2, 0) is 6.54 Å². The van der Waals surface area contributed by atoms with E-state index in [1.807, 2.05) is 47.4 Å². The van der Waals surface area contributed by atoms with E-state index in [9.17, 15) is 4.79 Å². The predicted molar refractivity (Wildman–Crippen MR) is 94.3 cm³/mol. The van der Waals surface area contributed by atoms with Crippen molar-refractivity contribution < 1.29 is 4.79 Å². The van der Waals surface area contributed by atoms with E-state index in [1.165, 1.54) is 0 Å². The molecule has 1 aliphatic rings. The van der Waals surface area contributed by atoms with Gasteiger partial charge in [0.15, 0.2) is 0 Å². The number of rotatable bonds is 5. The Balaban J connectivity index is 1.29. The number of carbonyl (C=O) groups is 1. The summed E-state index contributed by atoms with van der Waals surface area (Å²) >= 11 is 0. The molecule has 0 atom stereocenters. The van der Waals surface area contributed by atoms with E-state index in [0.29, 0.717) is 18.2 Å². The number of carbonyl (C=O) groups excluding carboxylic acids is 1. The zero-order chi connectivity index (χ0) is 17.8. The van der Waals surface area contributed by atoms with Gasteiger partial charge in [0.05, 0.1) is 12.6 Å². The highest BCUT2D eigenvalue weighted by Gasteiger charge is 2.23. The number of amides is 1. The van der Waals surface area contributed by atoms with Crippen LogP contribution in [0.4, 0.5) is 0 Å². The molecule has 8 heteroatoms. The van der Waals surface area contributed by atoms with E-state index in [0.717, 1.165) is 31.2 Å². The fraction of sp³-hybridized carbons (Fsp3) is 0.389. The van der Waals surface area contributed by atoms with Crippen LogP contribution in [-0.4, -0.2) is 41.9 Å². The molecular weight excluding hydrogens is 330 g/mol. The van der Waals surface area contributed by atoms with Crippen LogP contribution in [0, 0.1) is 0 Å². The van der Waals surface area contributed by atoms with Gasteiger partial charge in [-0.2, -0.15) is 5.10 Å². The van der Waals surface area contributed by atoms with Gasteiger partial charge in [-0.15, -0.1) is 5.10 Å². The van der Waals surface area contributed by atoms with Crippen LogP contribution in [0.1, 0.15) is 47.6 Å². The van der Waals surface area contributed by atoms with Gasteiger partial charge < -0.3 is 5.32 Å². The lowest BCUT2D eigenvalue weighted by molar-refractivity contribution is 0.0921. The van der Waals surface area contributed by atoms with Crippen LogP contribution in [0.25, 0.3) is 0 Å². The van der Waals surface area contributed by atoms with Gasteiger partial charge in [0.2, 0.25) is 0 Å². The first-order valence-corrected chi connectivity index (χ1v) is 8.87. The smallest absolute Gasteiger partial charge is 0.251 e. The standard InChI is InChI=1S/C18H21N7O/c26-18(15-4-2-14(3-5-15)12-24-13-19-22-23-24)21-16-6-8-17(9-7-16)25-11-1-10-20-25/h1-5,10-11,13,16-17H,6-9,12H2,(H,21,26). The average Bonchev–Trinajstić information content (AvgIpc) is 3.37. The van der Waals surface area contributed by atoms with E-state index < -0.39 is 0 Å². The van der Waals surface area contributed by atoms with Crippen molar-refractivity contribution in [2.24, 2.45) is 0 Å². The first kappa shape index (κ1) is 16.4. The Hall–Kier alpha value is -3.03. The van der Waals surface area contributed by atoms with Crippen molar-refractivity contribution in [1.82, 2.24) is 35.3 Å². The molecule has 2 aromatic heterocycles. The molecule has 0 radical (unpaired) electrons. The van der Waals surface area contributed by atoms with Crippen LogP contribution in [0.2, 0.25) is 0 Å². The van der Waals surface area contributed by atoms with Crippen LogP contribution in [0.15, 0.2) is 49.1 Å². The van der Waals surface area contributed by atoms with E-state index >= 15 is 0 Å². The fourth-order valence-corrected chi connectivity index (χ4v) is 3.45. The van der Waals surface area contributed by atoms with Gasteiger partial charge in [0, 0.05) is 24.0 Å². The van der Waals surface area contributed by atoms with E-state index in [4.69, 9.17) is 0 Å². The maximum Gasteiger partial charge on any atom is 0.251 e. The van der Waals surface area contributed by atoms with Crippen molar-refractivity contribution in [2.75, 3.05) is 0 Å². The monoisotopic (exact) mass is 351 g/mol. The summed E-state index contributed by atoms with van der Waals surface area (Å²) in [5.74, 6) is -0.0125. The minimum Gasteiger partial charge on any atom is -0.349 e. The summed E-state index contributed by atoms with van der Waals surface area (Å²) < 4.78 is 3.68. The van der Waals surface area contributed by atoms with Crippen molar-refractivity contribution in [2.45, 2.75) is 44.3 Å². The first-order valence-electron chi connectivity index (χ1n) is 8.87. The quantitative estimate of drug-likeness (QED) is 0.757. The summed E-state index contributed by atoms with van der Waals surface area (Å²) in [5, 5.41) is 18.6. The summed E-state index contributed by atoms with van der Waals surface area (Å²) in [5.41, 5.74) is 1.73. The molecule has 3 aromatic rings. The van der Waals surface area contributed by atoms with Crippen molar-refractivity contribution >= 4 is 5.91 Å². The number of hydrogen-bond acceptors (Lipinski definition) is 5. The second kappa shape index (κ2) is 7.47. The molecule has 4 rings (SSSR count). The molecule has 0 unspecified atom stereocenters. The van der Waals surface area contributed by atoms with Crippen molar-refractivity contribution in [3.05, 3.63) is 60.2 Å². The van der Waals surface area contributed by atoms with Crippen molar-refractivity contribution in [1.29, 1.82) is 0 Å². The molecular formula is C18H21N7O. The molecule has 1 aliphatic carbocycles. The van der Waals surface area contributed by atoms with Crippen LogP contribution >= 0.6 is 0 Å². The topological polar surface area (TPSA) is 90.5 Å².